The first-order valence-corrected chi connectivity index (χ1v) is 6.70. The van der Waals surface area contributed by atoms with Crippen LogP contribution in [0.2, 0.25) is 15.1 Å². The molecule has 0 unspecified atom stereocenters. The molecule has 0 spiro atoms. The van der Waals surface area contributed by atoms with E-state index in [1.165, 1.54) is 12.1 Å². The van der Waals surface area contributed by atoms with Gasteiger partial charge in [-0.2, -0.15) is 13.2 Å². The summed E-state index contributed by atoms with van der Waals surface area (Å²) in [4.78, 5) is 14.8. The van der Waals surface area contributed by atoms with Crippen molar-refractivity contribution in [1.82, 2.24) is 4.98 Å². The summed E-state index contributed by atoms with van der Waals surface area (Å²) in [5.74, 6) is -1.57. The van der Waals surface area contributed by atoms with E-state index in [0.29, 0.717) is 12.3 Å². The van der Waals surface area contributed by atoms with Crippen molar-refractivity contribution in [2.24, 2.45) is 0 Å². The van der Waals surface area contributed by atoms with Gasteiger partial charge in [0.25, 0.3) is 0 Å². The average molecular weight is 371 g/mol. The number of carbonyl (C=O) groups is 1. The van der Waals surface area contributed by atoms with Crippen molar-refractivity contribution in [2.45, 2.75) is 6.18 Å². The number of hydrogen-bond donors (Lipinski definition) is 1. The van der Waals surface area contributed by atoms with E-state index in [4.69, 9.17) is 39.9 Å². The summed E-state index contributed by atoms with van der Waals surface area (Å²) in [5.41, 5.74) is -1.98. The highest BCUT2D eigenvalue weighted by Crippen LogP contribution is 2.37. The van der Waals surface area contributed by atoms with Gasteiger partial charge >= 0.3 is 12.1 Å². The van der Waals surface area contributed by atoms with Crippen LogP contribution < -0.4 is 0 Å². The first-order valence-electron chi connectivity index (χ1n) is 5.56. The molecule has 3 nitrogen and oxygen atoms in total. The molecule has 0 atom stereocenters. The Balaban J connectivity index is 2.71. The zero-order chi connectivity index (χ0) is 16.7. The van der Waals surface area contributed by atoms with Gasteiger partial charge in [-0.1, -0.05) is 34.8 Å². The molecule has 1 aromatic heterocycles. The lowest BCUT2D eigenvalue weighted by molar-refractivity contribution is -0.137. The molecule has 0 saturated heterocycles. The van der Waals surface area contributed by atoms with Crippen molar-refractivity contribution in [2.75, 3.05) is 0 Å². The summed E-state index contributed by atoms with van der Waals surface area (Å²) in [6.45, 7) is 0. The lowest BCUT2D eigenvalue weighted by Gasteiger charge is -2.12. The molecule has 0 radical (unpaired) electrons. The second kappa shape index (κ2) is 5.95. The molecule has 1 heterocycles. The average Bonchev–Trinajstić information content (AvgIpc) is 2.41. The lowest BCUT2D eigenvalue weighted by atomic mass is 10.0. The fraction of sp³-hybridized carbons (Fsp3) is 0.0769. The lowest BCUT2D eigenvalue weighted by Crippen LogP contribution is -2.10. The monoisotopic (exact) mass is 369 g/mol. The molecule has 2 aromatic rings. The molecule has 0 amide bonds. The van der Waals surface area contributed by atoms with Crippen LogP contribution >= 0.6 is 34.8 Å². The SMILES string of the molecule is O=C(O)c1cc(C(F)(F)F)cnc1-c1cc(Cl)c(Cl)cc1Cl. The van der Waals surface area contributed by atoms with Gasteiger partial charge in [-0.05, 0) is 18.2 Å². The van der Waals surface area contributed by atoms with Crippen LogP contribution in [0.1, 0.15) is 15.9 Å². The van der Waals surface area contributed by atoms with E-state index in [0.717, 1.165) is 0 Å². The van der Waals surface area contributed by atoms with Crippen LogP contribution in [-0.2, 0) is 6.18 Å². The smallest absolute Gasteiger partial charge is 0.417 e. The van der Waals surface area contributed by atoms with Crippen molar-refractivity contribution in [1.29, 1.82) is 0 Å². The van der Waals surface area contributed by atoms with Gasteiger partial charge in [0.15, 0.2) is 0 Å². The molecule has 0 aliphatic carbocycles. The highest BCUT2D eigenvalue weighted by molar-refractivity contribution is 6.44. The maximum Gasteiger partial charge on any atom is 0.417 e. The summed E-state index contributed by atoms with van der Waals surface area (Å²) in [6.07, 6.45) is -4.18. The number of nitrogens with zero attached hydrogens (tertiary/aromatic N) is 1. The van der Waals surface area contributed by atoms with E-state index in [1.54, 1.807) is 0 Å². The number of benzene rings is 1. The Hall–Kier alpha value is -1.50. The van der Waals surface area contributed by atoms with Gasteiger partial charge in [-0.15, -0.1) is 0 Å². The minimum atomic E-state index is -4.71. The Morgan fingerprint density at radius 2 is 1.64 bits per heavy atom. The van der Waals surface area contributed by atoms with Crippen LogP contribution in [0.15, 0.2) is 24.4 Å². The fourth-order valence-corrected chi connectivity index (χ4v) is 2.34. The fourth-order valence-electron chi connectivity index (χ4n) is 1.70. The van der Waals surface area contributed by atoms with Crippen LogP contribution in [0.5, 0.6) is 0 Å². The molecule has 0 bridgehead atoms. The van der Waals surface area contributed by atoms with Crippen LogP contribution in [0.3, 0.4) is 0 Å². The van der Waals surface area contributed by atoms with Gasteiger partial charge in [-0.25, -0.2) is 4.79 Å². The van der Waals surface area contributed by atoms with Gasteiger partial charge in [0.2, 0.25) is 0 Å². The molecule has 22 heavy (non-hydrogen) atoms. The van der Waals surface area contributed by atoms with Crippen LogP contribution in [0, 0.1) is 0 Å². The maximum atomic E-state index is 12.7. The zero-order valence-electron chi connectivity index (χ0n) is 10.4. The van der Waals surface area contributed by atoms with E-state index in [9.17, 15) is 18.0 Å². The summed E-state index contributed by atoms with van der Waals surface area (Å²) in [5, 5.41) is 9.33. The number of halogens is 6. The maximum absolute atomic E-state index is 12.7. The number of hydrogen-bond acceptors (Lipinski definition) is 2. The van der Waals surface area contributed by atoms with Crippen molar-refractivity contribution in [3.8, 4) is 11.3 Å². The molecular formula is C13H5Cl3F3NO2. The second-order valence-electron chi connectivity index (χ2n) is 4.17. The van der Waals surface area contributed by atoms with E-state index in [-0.39, 0.29) is 26.3 Å². The van der Waals surface area contributed by atoms with Crippen molar-refractivity contribution in [3.63, 3.8) is 0 Å². The molecule has 9 heteroatoms. The second-order valence-corrected chi connectivity index (χ2v) is 5.39. The first-order chi connectivity index (χ1) is 10.1. The van der Waals surface area contributed by atoms with E-state index >= 15 is 0 Å². The minimum absolute atomic E-state index is 0.0177. The largest absolute Gasteiger partial charge is 0.478 e. The minimum Gasteiger partial charge on any atom is -0.478 e. The number of carboxylic acids is 1. The summed E-state index contributed by atoms with van der Waals surface area (Å²) in [6, 6.07) is 2.99. The van der Waals surface area contributed by atoms with E-state index in [2.05, 4.69) is 4.98 Å². The number of alkyl halides is 3. The predicted molar refractivity (Wildman–Crippen MR) is 76.7 cm³/mol. The molecule has 2 rings (SSSR count). The molecule has 1 aromatic carbocycles. The normalized spacial score (nSPS) is 11.5. The number of aromatic carboxylic acids is 1. The topological polar surface area (TPSA) is 50.2 Å². The predicted octanol–water partition coefficient (Wildman–Crippen LogP) is 5.43. The number of carboxylic acid groups (broad SMARTS) is 1. The highest BCUT2D eigenvalue weighted by atomic mass is 35.5. The Morgan fingerprint density at radius 1 is 1.05 bits per heavy atom. The van der Waals surface area contributed by atoms with Gasteiger partial charge < -0.3 is 5.11 Å². The molecular weight excluding hydrogens is 366 g/mol. The van der Waals surface area contributed by atoms with Crippen LogP contribution in [0.4, 0.5) is 13.2 Å². The number of pyridine rings is 1. The molecule has 0 aliphatic heterocycles. The number of aromatic nitrogens is 1. The van der Waals surface area contributed by atoms with Gasteiger partial charge in [0.1, 0.15) is 0 Å². The highest BCUT2D eigenvalue weighted by Gasteiger charge is 2.33. The molecule has 1 N–H and O–H groups in total. The van der Waals surface area contributed by atoms with Crippen molar-refractivity contribution >= 4 is 40.8 Å². The molecule has 116 valence electrons. The van der Waals surface area contributed by atoms with Gasteiger partial charge in [-0.3, -0.25) is 4.98 Å². The third-order valence-electron chi connectivity index (χ3n) is 2.71. The van der Waals surface area contributed by atoms with E-state index in [1.807, 2.05) is 0 Å². The summed E-state index contributed by atoms with van der Waals surface area (Å²) < 4.78 is 38.0. The Bertz CT molecular complexity index is 763. The molecule has 0 saturated carbocycles. The zero-order valence-corrected chi connectivity index (χ0v) is 12.6. The summed E-state index contributed by atoms with van der Waals surface area (Å²) in [7, 11) is 0. The van der Waals surface area contributed by atoms with Crippen LogP contribution in [0.25, 0.3) is 11.3 Å². The first kappa shape index (κ1) is 16.9. The van der Waals surface area contributed by atoms with Gasteiger partial charge in [0.05, 0.1) is 31.9 Å². The van der Waals surface area contributed by atoms with E-state index < -0.39 is 23.3 Å². The third kappa shape index (κ3) is 3.29. The quantitative estimate of drug-likeness (QED) is 0.718. The van der Waals surface area contributed by atoms with Crippen molar-refractivity contribution in [3.05, 3.63) is 50.6 Å². The molecule has 0 aliphatic rings. The Kier molecular flexibility index (Phi) is 4.56. The van der Waals surface area contributed by atoms with Crippen LogP contribution in [-0.4, -0.2) is 16.1 Å². The standard InChI is InChI=1S/C13H5Cl3F3NO2/c14-8-3-10(16)9(15)2-6(8)11-7(12(21)22)1-5(4-20-11)13(17,18)19/h1-4H,(H,21,22). The number of rotatable bonds is 2. The third-order valence-corrected chi connectivity index (χ3v) is 3.75. The molecule has 0 fully saturated rings. The summed E-state index contributed by atoms with van der Waals surface area (Å²) >= 11 is 17.5. The van der Waals surface area contributed by atoms with Gasteiger partial charge in [0, 0.05) is 11.8 Å². The Morgan fingerprint density at radius 3 is 2.18 bits per heavy atom. The van der Waals surface area contributed by atoms with Crippen molar-refractivity contribution < 1.29 is 23.1 Å². The Labute approximate surface area is 137 Å².